The maximum absolute atomic E-state index is 13.3. The molecule has 2 amide bonds. The molecule has 0 bridgehead atoms. The number of rotatable bonds is 4. The van der Waals surface area contributed by atoms with E-state index in [0.29, 0.717) is 18.0 Å². The van der Waals surface area contributed by atoms with Crippen molar-refractivity contribution in [2.24, 2.45) is 0 Å². The van der Waals surface area contributed by atoms with Crippen LogP contribution in [0.1, 0.15) is 5.56 Å². The molecule has 2 aromatic carbocycles. The highest BCUT2D eigenvalue weighted by molar-refractivity contribution is 5.89. The molecule has 5 heteroatoms. The van der Waals surface area contributed by atoms with Crippen molar-refractivity contribution in [2.75, 3.05) is 12.4 Å². The van der Waals surface area contributed by atoms with E-state index in [-0.39, 0.29) is 0 Å². The second-order valence-corrected chi connectivity index (χ2v) is 4.17. The van der Waals surface area contributed by atoms with Gasteiger partial charge < -0.3 is 15.4 Å². The highest BCUT2D eigenvalue weighted by atomic mass is 19.1. The number of ether oxygens (including phenoxy) is 1. The number of anilines is 1. The monoisotopic (exact) mass is 274 g/mol. The number of nitrogens with one attached hydrogen (secondary N) is 2. The summed E-state index contributed by atoms with van der Waals surface area (Å²) in [6.45, 7) is 0.402. The molecule has 0 saturated carbocycles. The van der Waals surface area contributed by atoms with E-state index in [0.717, 1.165) is 5.56 Å². The molecule has 0 radical (unpaired) electrons. The minimum absolute atomic E-state index is 0.340. The molecule has 0 aliphatic heterocycles. The molecule has 0 atom stereocenters. The lowest BCUT2D eigenvalue weighted by atomic mass is 10.2. The zero-order valence-electron chi connectivity index (χ0n) is 11.0. The van der Waals surface area contributed by atoms with E-state index in [2.05, 4.69) is 10.6 Å². The van der Waals surface area contributed by atoms with Crippen LogP contribution in [0, 0.1) is 5.82 Å². The topological polar surface area (TPSA) is 50.4 Å². The van der Waals surface area contributed by atoms with Gasteiger partial charge in [-0.1, -0.05) is 30.3 Å². The van der Waals surface area contributed by atoms with Crippen LogP contribution in [0.3, 0.4) is 0 Å². The number of amides is 2. The third-order valence-electron chi connectivity index (χ3n) is 2.66. The Morgan fingerprint density at radius 2 is 1.95 bits per heavy atom. The Bertz CT molecular complexity index is 588. The van der Waals surface area contributed by atoms with Crippen LogP contribution >= 0.6 is 0 Å². The van der Waals surface area contributed by atoms with Crippen LogP contribution in [-0.2, 0) is 6.54 Å². The molecule has 20 heavy (non-hydrogen) atoms. The molecule has 0 saturated heterocycles. The molecule has 4 nitrogen and oxygen atoms in total. The summed E-state index contributed by atoms with van der Waals surface area (Å²) < 4.78 is 18.2. The van der Waals surface area contributed by atoms with Crippen molar-refractivity contribution in [1.82, 2.24) is 5.32 Å². The summed E-state index contributed by atoms with van der Waals surface area (Å²) in [6, 6.07) is 13.1. The Balaban J connectivity index is 1.93. The van der Waals surface area contributed by atoms with Crippen molar-refractivity contribution < 1.29 is 13.9 Å². The number of benzene rings is 2. The van der Waals surface area contributed by atoms with Crippen molar-refractivity contribution in [3.05, 3.63) is 59.9 Å². The summed E-state index contributed by atoms with van der Waals surface area (Å²) in [5.74, 6) is -0.119. The van der Waals surface area contributed by atoms with Crippen LogP contribution in [-0.4, -0.2) is 13.1 Å². The standard InChI is InChI=1S/C15H15FN2O2/c1-20-14-8-12(16)7-13(9-14)18-15(19)17-10-11-5-3-2-4-6-11/h2-9H,10H2,1H3,(H2,17,18,19). The van der Waals surface area contributed by atoms with Crippen LogP contribution in [0.2, 0.25) is 0 Å². The number of carbonyl (C=O) groups is 1. The minimum atomic E-state index is -0.470. The summed E-state index contributed by atoms with van der Waals surface area (Å²) in [4.78, 5) is 11.7. The Hall–Kier alpha value is -2.56. The van der Waals surface area contributed by atoms with Crippen molar-refractivity contribution in [3.8, 4) is 5.75 Å². The highest BCUT2D eigenvalue weighted by Crippen LogP contribution is 2.19. The number of halogens is 1. The van der Waals surface area contributed by atoms with E-state index in [1.54, 1.807) is 6.07 Å². The van der Waals surface area contributed by atoms with Gasteiger partial charge in [0.05, 0.1) is 7.11 Å². The molecule has 0 heterocycles. The average molecular weight is 274 g/mol. The summed E-state index contributed by atoms with van der Waals surface area (Å²) in [7, 11) is 1.44. The smallest absolute Gasteiger partial charge is 0.319 e. The van der Waals surface area contributed by atoms with E-state index in [1.807, 2.05) is 30.3 Å². The second kappa shape index (κ2) is 6.56. The van der Waals surface area contributed by atoms with Crippen molar-refractivity contribution in [1.29, 1.82) is 0 Å². The predicted molar refractivity (Wildman–Crippen MR) is 75.3 cm³/mol. The first kappa shape index (κ1) is 13.9. The van der Waals surface area contributed by atoms with E-state index < -0.39 is 11.8 Å². The van der Waals surface area contributed by atoms with Crippen LogP contribution < -0.4 is 15.4 Å². The van der Waals surface area contributed by atoms with Gasteiger partial charge in [-0.25, -0.2) is 9.18 Å². The summed E-state index contributed by atoms with van der Waals surface area (Å²) in [5.41, 5.74) is 1.33. The fourth-order valence-corrected chi connectivity index (χ4v) is 1.71. The first-order valence-corrected chi connectivity index (χ1v) is 6.11. The SMILES string of the molecule is COc1cc(F)cc(NC(=O)NCc2ccccc2)c1. The van der Waals surface area contributed by atoms with Gasteiger partial charge in [0.1, 0.15) is 11.6 Å². The van der Waals surface area contributed by atoms with Crippen LogP contribution in [0.15, 0.2) is 48.5 Å². The summed E-state index contributed by atoms with van der Waals surface area (Å²) in [6.07, 6.45) is 0. The molecule has 0 aliphatic rings. The van der Waals surface area contributed by atoms with Crippen LogP contribution in [0.5, 0.6) is 5.75 Å². The van der Waals surface area contributed by atoms with Crippen LogP contribution in [0.25, 0.3) is 0 Å². The Morgan fingerprint density at radius 1 is 1.20 bits per heavy atom. The number of urea groups is 1. The molecule has 2 aromatic rings. The van der Waals surface area contributed by atoms with Gasteiger partial charge in [-0.2, -0.15) is 0 Å². The van der Waals surface area contributed by atoms with Gasteiger partial charge >= 0.3 is 6.03 Å². The maximum Gasteiger partial charge on any atom is 0.319 e. The van der Waals surface area contributed by atoms with E-state index in [4.69, 9.17) is 4.74 Å². The van der Waals surface area contributed by atoms with Gasteiger partial charge in [0.2, 0.25) is 0 Å². The highest BCUT2D eigenvalue weighted by Gasteiger charge is 2.05. The van der Waals surface area contributed by atoms with Gasteiger partial charge in [0.15, 0.2) is 0 Å². The van der Waals surface area contributed by atoms with E-state index in [9.17, 15) is 9.18 Å². The minimum Gasteiger partial charge on any atom is -0.497 e. The van der Waals surface area contributed by atoms with Crippen molar-refractivity contribution in [3.63, 3.8) is 0 Å². The lowest BCUT2D eigenvalue weighted by molar-refractivity contribution is 0.251. The Morgan fingerprint density at radius 3 is 2.65 bits per heavy atom. The first-order chi connectivity index (χ1) is 9.67. The van der Waals surface area contributed by atoms with Crippen molar-refractivity contribution in [2.45, 2.75) is 6.54 Å². The fraction of sp³-hybridized carbons (Fsp3) is 0.133. The Kier molecular flexibility index (Phi) is 4.55. The molecular weight excluding hydrogens is 259 g/mol. The van der Waals surface area contributed by atoms with Crippen molar-refractivity contribution >= 4 is 11.7 Å². The molecule has 0 unspecified atom stereocenters. The zero-order valence-corrected chi connectivity index (χ0v) is 11.0. The van der Waals surface area contributed by atoms with Gasteiger partial charge in [0.25, 0.3) is 0 Å². The number of hydrogen-bond acceptors (Lipinski definition) is 2. The normalized spacial score (nSPS) is 9.90. The lowest BCUT2D eigenvalue weighted by Crippen LogP contribution is -2.28. The van der Waals surface area contributed by atoms with E-state index in [1.165, 1.54) is 19.2 Å². The van der Waals surface area contributed by atoms with E-state index >= 15 is 0 Å². The third-order valence-corrected chi connectivity index (χ3v) is 2.66. The number of methoxy groups -OCH3 is 1. The number of hydrogen-bond donors (Lipinski definition) is 2. The molecule has 2 rings (SSSR count). The predicted octanol–water partition coefficient (Wildman–Crippen LogP) is 3.16. The quantitative estimate of drug-likeness (QED) is 0.899. The summed E-state index contributed by atoms with van der Waals surface area (Å²) in [5, 5.41) is 5.25. The molecule has 104 valence electrons. The second-order valence-electron chi connectivity index (χ2n) is 4.17. The van der Waals surface area contributed by atoms with Gasteiger partial charge in [-0.05, 0) is 11.6 Å². The molecular formula is C15H15FN2O2. The molecule has 0 fully saturated rings. The van der Waals surface area contributed by atoms with Gasteiger partial charge in [-0.15, -0.1) is 0 Å². The van der Waals surface area contributed by atoms with Crippen LogP contribution in [0.4, 0.5) is 14.9 Å². The molecule has 2 N–H and O–H groups in total. The van der Waals surface area contributed by atoms with Gasteiger partial charge in [0, 0.05) is 24.4 Å². The molecule has 0 aromatic heterocycles. The molecule has 0 aliphatic carbocycles. The lowest BCUT2D eigenvalue weighted by Gasteiger charge is -2.09. The molecule has 0 spiro atoms. The average Bonchev–Trinajstić information content (AvgIpc) is 2.45. The van der Waals surface area contributed by atoms with Gasteiger partial charge in [-0.3, -0.25) is 0 Å². The largest absolute Gasteiger partial charge is 0.497 e. The Labute approximate surface area is 116 Å². The third kappa shape index (κ3) is 3.98. The number of carbonyl (C=O) groups excluding carboxylic acids is 1. The zero-order chi connectivity index (χ0) is 14.4. The summed E-state index contributed by atoms with van der Waals surface area (Å²) >= 11 is 0. The fourth-order valence-electron chi connectivity index (χ4n) is 1.71. The first-order valence-electron chi connectivity index (χ1n) is 6.11. The maximum atomic E-state index is 13.3.